The first-order chi connectivity index (χ1) is 8.18. The lowest BCUT2D eigenvalue weighted by Gasteiger charge is -2.03. The van der Waals surface area contributed by atoms with Crippen LogP contribution in [0.25, 0.3) is 0 Å². The van der Waals surface area contributed by atoms with E-state index < -0.39 is 0 Å². The van der Waals surface area contributed by atoms with Gasteiger partial charge in [-0.3, -0.25) is 4.79 Å². The number of aromatic nitrogens is 1. The van der Waals surface area contributed by atoms with Crippen molar-refractivity contribution >= 4 is 17.4 Å². The fraction of sp³-hybridized carbons (Fsp3) is 0.0769. The lowest BCUT2D eigenvalue weighted by Crippen LogP contribution is -2.06. The maximum atomic E-state index is 13.4. The number of carbonyl (C=O) groups is 1. The highest BCUT2D eigenvalue weighted by Gasteiger charge is 2.13. The van der Waals surface area contributed by atoms with Crippen molar-refractivity contribution in [1.29, 1.82) is 0 Å². The molecule has 0 fully saturated rings. The molecule has 1 aromatic heterocycles. The molecule has 0 saturated carbocycles. The first kappa shape index (κ1) is 11.7. The zero-order chi connectivity index (χ0) is 12.3. The van der Waals surface area contributed by atoms with Gasteiger partial charge in [0.25, 0.3) is 0 Å². The Balaban J connectivity index is 2.24. The number of benzene rings is 1. The molecule has 0 atom stereocenters. The van der Waals surface area contributed by atoms with Crippen LogP contribution in [0.4, 0.5) is 4.39 Å². The molecule has 2 rings (SSSR count). The highest BCUT2D eigenvalue weighted by atomic mass is 35.5. The fourth-order valence-electron chi connectivity index (χ4n) is 1.50. The summed E-state index contributed by atoms with van der Waals surface area (Å²) in [6.45, 7) is 0. The molecule has 0 amide bonds. The van der Waals surface area contributed by atoms with Crippen LogP contribution in [0.2, 0.25) is 5.15 Å². The van der Waals surface area contributed by atoms with E-state index >= 15 is 0 Å². The third-order valence-corrected chi connectivity index (χ3v) is 2.67. The normalized spacial score (nSPS) is 10.2. The van der Waals surface area contributed by atoms with E-state index in [1.807, 2.05) is 0 Å². The Morgan fingerprint density at radius 3 is 2.71 bits per heavy atom. The largest absolute Gasteiger partial charge is 0.294 e. The molecule has 2 nitrogen and oxygen atoms in total. The Morgan fingerprint density at radius 2 is 2.00 bits per heavy atom. The number of halogens is 2. The van der Waals surface area contributed by atoms with Crippen LogP contribution in [0, 0.1) is 5.82 Å². The summed E-state index contributed by atoms with van der Waals surface area (Å²) < 4.78 is 13.4. The van der Waals surface area contributed by atoms with Crippen LogP contribution >= 0.6 is 11.6 Å². The minimum atomic E-state index is -0.388. The van der Waals surface area contributed by atoms with Gasteiger partial charge in [0.1, 0.15) is 11.0 Å². The Bertz CT molecular complexity index is 557. The predicted molar refractivity (Wildman–Crippen MR) is 63.7 cm³/mol. The fourth-order valence-corrected chi connectivity index (χ4v) is 1.73. The first-order valence-corrected chi connectivity index (χ1v) is 5.43. The number of nitrogens with zero attached hydrogens (tertiary/aromatic N) is 1. The second-order valence-electron chi connectivity index (χ2n) is 3.53. The molecule has 0 spiro atoms. The second-order valence-corrected chi connectivity index (χ2v) is 3.89. The van der Waals surface area contributed by atoms with Crippen molar-refractivity contribution in [3.05, 3.63) is 64.7 Å². The molecule has 4 heteroatoms. The summed E-state index contributed by atoms with van der Waals surface area (Å²) in [5, 5.41) is 0.147. The molecular formula is C13H9ClFNO. The molecule has 0 N–H and O–H groups in total. The van der Waals surface area contributed by atoms with Gasteiger partial charge in [-0.1, -0.05) is 29.8 Å². The smallest absolute Gasteiger partial charge is 0.170 e. The third-order valence-electron chi connectivity index (χ3n) is 2.37. The predicted octanol–water partition coefficient (Wildman–Crippen LogP) is 3.30. The number of ketones is 1. The SMILES string of the molecule is O=C(Cc1ccccc1F)c1cccnc1Cl. The topological polar surface area (TPSA) is 30.0 Å². The van der Waals surface area contributed by atoms with Crippen LogP contribution in [-0.4, -0.2) is 10.8 Å². The van der Waals surface area contributed by atoms with Crippen molar-refractivity contribution in [2.75, 3.05) is 0 Å². The van der Waals surface area contributed by atoms with E-state index in [4.69, 9.17) is 11.6 Å². The Hall–Kier alpha value is -1.74. The molecule has 0 saturated heterocycles. The Morgan fingerprint density at radius 1 is 1.24 bits per heavy atom. The van der Waals surface area contributed by atoms with Crippen molar-refractivity contribution < 1.29 is 9.18 Å². The second kappa shape index (κ2) is 5.06. The monoisotopic (exact) mass is 249 g/mol. The number of Topliss-reactive ketones (excluding diaryl/α,β-unsaturated/α-hetero) is 1. The van der Waals surface area contributed by atoms with Crippen molar-refractivity contribution in [2.24, 2.45) is 0 Å². The molecule has 1 heterocycles. The zero-order valence-electron chi connectivity index (χ0n) is 8.86. The van der Waals surface area contributed by atoms with Gasteiger partial charge in [-0.25, -0.2) is 9.37 Å². The van der Waals surface area contributed by atoms with Crippen LogP contribution in [0.15, 0.2) is 42.6 Å². The van der Waals surface area contributed by atoms with Gasteiger partial charge in [-0.05, 0) is 23.8 Å². The number of carbonyl (C=O) groups excluding carboxylic acids is 1. The van der Waals surface area contributed by atoms with Gasteiger partial charge in [-0.15, -0.1) is 0 Å². The maximum absolute atomic E-state index is 13.4. The van der Waals surface area contributed by atoms with E-state index in [1.54, 1.807) is 30.3 Å². The molecule has 86 valence electrons. The number of hydrogen-bond donors (Lipinski definition) is 0. The lowest BCUT2D eigenvalue weighted by atomic mass is 10.0. The molecule has 1 aromatic carbocycles. The van der Waals surface area contributed by atoms with Crippen LogP contribution in [-0.2, 0) is 6.42 Å². The van der Waals surface area contributed by atoms with E-state index in [2.05, 4.69) is 4.98 Å². The third kappa shape index (κ3) is 2.68. The quantitative estimate of drug-likeness (QED) is 0.617. The van der Waals surface area contributed by atoms with E-state index in [0.717, 1.165) is 0 Å². The van der Waals surface area contributed by atoms with E-state index in [9.17, 15) is 9.18 Å². The summed E-state index contributed by atoms with van der Waals surface area (Å²) in [6.07, 6.45) is 1.49. The van der Waals surface area contributed by atoms with Gasteiger partial charge in [0, 0.05) is 12.6 Å². The van der Waals surface area contributed by atoms with E-state index in [-0.39, 0.29) is 23.2 Å². The standard InChI is InChI=1S/C13H9ClFNO/c14-13-10(5-3-7-16-13)12(17)8-9-4-1-2-6-11(9)15/h1-7H,8H2. The lowest BCUT2D eigenvalue weighted by molar-refractivity contribution is 0.0991. The average Bonchev–Trinajstić information content (AvgIpc) is 2.32. The van der Waals surface area contributed by atoms with Gasteiger partial charge in [0.2, 0.25) is 0 Å². The van der Waals surface area contributed by atoms with Gasteiger partial charge < -0.3 is 0 Å². The minimum Gasteiger partial charge on any atom is -0.294 e. The maximum Gasteiger partial charge on any atom is 0.170 e. The average molecular weight is 250 g/mol. The van der Waals surface area contributed by atoms with Gasteiger partial charge in [0.15, 0.2) is 5.78 Å². The molecule has 0 bridgehead atoms. The summed E-state index contributed by atoms with van der Waals surface area (Å²) in [7, 11) is 0. The van der Waals surface area contributed by atoms with Crippen molar-refractivity contribution in [1.82, 2.24) is 4.98 Å². The Kier molecular flexibility index (Phi) is 3.49. The molecule has 17 heavy (non-hydrogen) atoms. The Labute approximate surface area is 103 Å². The van der Waals surface area contributed by atoms with E-state index in [0.29, 0.717) is 11.1 Å². The number of rotatable bonds is 3. The molecule has 0 radical (unpaired) electrons. The summed E-state index contributed by atoms with van der Waals surface area (Å²) in [4.78, 5) is 15.7. The first-order valence-electron chi connectivity index (χ1n) is 5.05. The summed E-state index contributed by atoms with van der Waals surface area (Å²) in [5.41, 5.74) is 0.676. The van der Waals surface area contributed by atoms with Crippen LogP contribution in [0.1, 0.15) is 15.9 Å². The minimum absolute atomic E-state index is 0.0158. The molecule has 0 aliphatic heterocycles. The number of hydrogen-bond acceptors (Lipinski definition) is 2. The molecular weight excluding hydrogens is 241 g/mol. The highest BCUT2D eigenvalue weighted by Crippen LogP contribution is 2.16. The zero-order valence-corrected chi connectivity index (χ0v) is 9.62. The van der Waals surface area contributed by atoms with Crippen molar-refractivity contribution in [2.45, 2.75) is 6.42 Å². The summed E-state index contributed by atoms with van der Waals surface area (Å²) in [6, 6.07) is 9.39. The number of pyridine rings is 1. The van der Waals surface area contributed by atoms with Crippen LogP contribution in [0.3, 0.4) is 0 Å². The van der Waals surface area contributed by atoms with Gasteiger partial charge >= 0.3 is 0 Å². The van der Waals surface area contributed by atoms with Crippen LogP contribution in [0.5, 0.6) is 0 Å². The molecule has 0 unspecified atom stereocenters. The van der Waals surface area contributed by atoms with Crippen molar-refractivity contribution in [3.63, 3.8) is 0 Å². The van der Waals surface area contributed by atoms with Gasteiger partial charge in [-0.2, -0.15) is 0 Å². The van der Waals surface area contributed by atoms with E-state index in [1.165, 1.54) is 12.3 Å². The molecule has 0 aliphatic carbocycles. The van der Waals surface area contributed by atoms with Gasteiger partial charge in [0.05, 0.1) is 5.56 Å². The highest BCUT2D eigenvalue weighted by molar-refractivity contribution is 6.32. The summed E-state index contributed by atoms with van der Waals surface area (Å²) >= 11 is 5.80. The van der Waals surface area contributed by atoms with Crippen molar-refractivity contribution in [3.8, 4) is 0 Å². The molecule has 2 aromatic rings. The summed E-state index contributed by atoms with van der Waals surface area (Å²) in [5.74, 6) is -0.630. The van der Waals surface area contributed by atoms with Crippen LogP contribution < -0.4 is 0 Å². The molecule has 0 aliphatic rings.